The van der Waals surface area contributed by atoms with Crippen molar-refractivity contribution in [1.29, 1.82) is 5.26 Å². The SMILES string of the molecule is COC1(c2cccc(Sc3ccc(/C(C)=N\OCC#N)cc3)c2)CCN(CC(F)(F)F)C1. The van der Waals surface area contributed by atoms with E-state index in [-0.39, 0.29) is 13.2 Å². The lowest BCUT2D eigenvalue weighted by atomic mass is 9.93. The van der Waals surface area contributed by atoms with Gasteiger partial charge in [-0.15, -0.1) is 0 Å². The number of rotatable bonds is 8. The monoisotopic (exact) mass is 463 g/mol. The van der Waals surface area contributed by atoms with Crippen LogP contribution in [0.15, 0.2) is 63.5 Å². The summed E-state index contributed by atoms with van der Waals surface area (Å²) >= 11 is 1.56. The number of hydrogen-bond donors (Lipinski definition) is 0. The van der Waals surface area contributed by atoms with Gasteiger partial charge in [-0.05, 0) is 48.7 Å². The van der Waals surface area contributed by atoms with Crippen LogP contribution in [0.3, 0.4) is 0 Å². The highest BCUT2D eigenvalue weighted by Gasteiger charge is 2.43. The molecule has 1 saturated heterocycles. The molecule has 1 fully saturated rings. The van der Waals surface area contributed by atoms with E-state index in [2.05, 4.69) is 5.16 Å². The van der Waals surface area contributed by atoms with Crippen LogP contribution < -0.4 is 0 Å². The molecule has 32 heavy (non-hydrogen) atoms. The van der Waals surface area contributed by atoms with Crippen LogP contribution in [-0.4, -0.2) is 50.1 Å². The van der Waals surface area contributed by atoms with Gasteiger partial charge in [0, 0.05) is 30.0 Å². The number of nitrogens with zero attached hydrogens (tertiary/aromatic N) is 3. The lowest BCUT2D eigenvalue weighted by molar-refractivity contribution is -0.146. The smallest absolute Gasteiger partial charge is 0.380 e. The molecule has 5 nitrogen and oxygen atoms in total. The van der Waals surface area contributed by atoms with Gasteiger partial charge in [0.1, 0.15) is 11.7 Å². The minimum Gasteiger partial charge on any atom is -0.380 e. The molecule has 0 amide bonds. The second-order valence-corrected chi connectivity index (χ2v) is 8.68. The summed E-state index contributed by atoms with van der Waals surface area (Å²) in [4.78, 5) is 8.26. The topological polar surface area (TPSA) is 57.9 Å². The minimum atomic E-state index is -4.22. The molecule has 1 aliphatic heterocycles. The molecule has 1 atom stereocenters. The number of ether oxygens (including phenoxy) is 1. The van der Waals surface area contributed by atoms with Crippen molar-refractivity contribution in [3.05, 3.63) is 59.7 Å². The third kappa shape index (κ3) is 6.25. The van der Waals surface area contributed by atoms with E-state index in [0.717, 1.165) is 20.9 Å². The van der Waals surface area contributed by atoms with Gasteiger partial charge in [-0.2, -0.15) is 18.4 Å². The number of nitriles is 1. The molecule has 9 heteroatoms. The van der Waals surface area contributed by atoms with Crippen molar-refractivity contribution >= 4 is 17.5 Å². The first-order valence-corrected chi connectivity index (χ1v) is 10.8. The summed E-state index contributed by atoms with van der Waals surface area (Å²) in [5, 5.41) is 12.4. The van der Waals surface area contributed by atoms with Crippen LogP contribution in [0.2, 0.25) is 0 Å². The van der Waals surface area contributed by atoms with Crippen LogP contribution in [0.25, 0.3) is 0 Å². The predicted octanol–water partition coefficient (Wildman–Crippen LogP) is 5.21. The maximum atomic E-state index is 12.8. The second-order valence-electron chi connectivity index (χ2n) is 7.54. The minimum absolute atomic E-state index is 0.0987. The number of likely N-dealkylation sites (tertiary alicyclic amines) is 1. The summed E-state index contributed by atoms with van der Waals surface area (Å²) in [6.07, 6.45) is -3.71. The molecule has 1 unspecified atom stereocenters. The van der Waals surface area contributed by atoms with Gasteiger partial charge in [-0.1, -0.05) is 41.2 Å². The quantitative estimate of drug-likeness (QED) is 0.306. The fraction of sp³-hybridized carbons (Fsp3) is 0.391. The standard InChI is InChI=1S/C23H24F3N3O2S/c1-17(28-31-13-11-27)18-6-8-20(9-7-18)32-21-5-3-4-19(14-21)22(30-2)10-12-29(15-22)16-23(24,25)26/h3-9,14H,10,12-13,15-16H2,1-2H3/b28-17-. The van der Waals surface area contributed by atoms with E-state index in [1.807, 2.05) is 54.6 Å². The van der Waals surface area contributed by atoms with Gasteiger partial charge in [0.05, 0.1) is 12.3 Å². The fourth-order valence-corrected chi connectivity index (χ4v) is 4.60. The molecule has 2 aromatic carbocycles. The molecule has 0 radical (unpaired) electrons. The predicted molar refractivity (Wildman–Crippen MR) is 117 cm³/mol. The zero-order valence-corrected chi connectivity index (χ0v) is 18.7. The van der Waals surface area contributed by atoms with E-state index >= 15 is 0 Å². The summed E-state index contributed by atoms with van der Waals surface area (Å²) in [5.74, 6) is 0. The lowest BCUT2D eigenvalue weighted by Gasteiger charge is -2.29. The molecule has 0 bridgehead atoms. The van der Waals surface area contributed by atoms with Crippen molar-refractivity contribution < 1.29 is 22.7 Å². The summed E-state index contributed by atoms with van der Waals surface area (Å²) in [5.41, 5.74) is 1.69. The van der Waals surface area contributed by atoms with Crippen molar-refractivity contribution in [2.75, 3.05) is 33.4 Å². The molecule has 0 spiro atoms. The Morgan fingerprint density at radius 3 is 2.62 bits per heavy atom. The zero-order chi connectivity index (χ0) is 23.2. The largest absolute Gasteiger partial charge is 0.401 e. The van der Waals surface area contributed by atoms with Crippen molar-refractivity contribution in [2.45, 2.75) is 34.9 Å². The molecule has 170 valence electrons. The highest BCUT2D eigenvalue weighted by molar-refractivity contribution is 7.99. The summed E-state index contributed by atoms with van der Waals surface area (Å²) in [6, 6.07) is 17.4. The van der Waals surface area contributed by atoms with Crippen molar-refractivity contribution in [3.63, 3.8) is 0 Å². The summed E-state index contributed by atoms with van der Waals surface area (Å²) < 4.78 is 44.2. The molecule has 0 aliphatic carbocycles. The summed E-state index contributed by atoms with van der Waals surface area (Å²) in [6.45, 7) is 1.32. The molecule has 0 N–H and O–H groups in total. The number of hydrogen-bond acceptors (Lipinski definition) is 6. The third-order valence-corrected chi connectivity index (χ3v) is 6.30. The van der Waals surface area contributed by atoms with Gasteiger partial charge < -0.3 is 9.57 Å². The Kier molecular flexibility index (Phi) is 7.82. The highest BCUT2D eigenvalue weighted by Crippen LogP contribution is 2.39. The van der Waals surface area contributed by atoms with E-state index in [1.54, 1.807) is 25.8 Å². The molecule has 2 aromatic rings. The molecule has 0 aromatic heterocycles. The molecular weight excluding hydrogens is 439 g/mol. The number of oxime groups is 1. The highest BCUT2D eigenvalue weighted by atomic mass is 32.2. The van der Waals surface area contributed by atoms with Gasteiger partial charge in [0.2, 0.25) is 6.61 Å². The molecule has 1 aliphatic rings. The van der Waals surface area contributed by atoms with Crippen LogP contribution in [-0.2, 0) is 15.2 Å². The van der Waals surface area contributed by atoms with Crippen LogP contribution >= 0.6 is 11.8 Å². The number of benzene rings is 2. The first kappa shape index (κ1) is 24.1. The van der Waals surface area contributed by atoms with E-state index in [1.165, 1.54) is 4.90 Å². The van der Waals surface area contributed by atoms with E-state index in [4.69, 9.17) is 14.8 Å². The molecule has 1 heterocycles. The average molecular weight is 464 g/mol. The van der Waals surface area contributed by atoms with Crippen LogP contribution in [0.5, 0.6) is 0 Å². The fourth-order valence-electron chi connectivity index (χ4n) is 3.72. The third-order valence-electron chi connectivity index (χ3n) is 5.30. The van der Waals surface area contributed by atoms with Crippen molar-refractivity contribution in [1.82, 2.24) is 4.90 Å². The number of halogens is 3. The van der Waals surface area contributed by atoms with Crippen LogP contribution in [0.4, 0.5) is 13.2 Å². The van der Waals surface area contributed by atoms with E-state index in [9.17, 15) is 13.2 Å². The Morgan fingerprint density at radius 1 is 1.22 bits per heavy atom. The first-order chi connectivity index (χ1) is 15.2. The Morgan fingerprint density at radius 2 is 1.97 bits per heavy atom. The maximum absolute atomic E-state index is 12.8. The second kappa shape index (κ2) is 10.4. The van der Waals surface area contributed by atoms with E-state index in [0.29, 0.717) is 18.7 Å². The van der Waals surface area contributed by atoms with E-state index < -0.39 is 18.3 Å². The Balaban J connectivity index is 1.71. The first-order valence-electron chi connectivity index (χ1n) is 10.0. The maximum Gasteiger partial charge on any atom is 0.401 e. The molecule has 3 rings (SSSR count). The van der Waals surface area contributed by atoms with Crippen LogP contribution in [0, 0.1) is 11.3 Å². The lowest BCUT2D eigenvalue weighted by Crippen LogP contribution is -2.37. The van der Waals surface area contributed by atoms with Crippen molar-refractivity contribution in [2.24, 2.45) is 5.16 Å². The molecule has 0 saturated carbocycles. The Labute approximate surface area is 189 Å². The Hall–Kier alpha value is -2.54. The van der Waals surface area contributed by atoms with Gasteiger partial charge >= 0.3 is 6.18 Å². The van der Waals surface area contributed by atoms with Gasteiger partial charge in [-0.3, -0.25) is 4.90 Å². The van der Waals surface area contributed by atoms with Gasteiger partial charge in [0.15, 0.2) is 0 Å². The van der Waals surface area contributed by atoms with Gasteiger partial charge in [0.25, 0.3) is 0 Å². The summed E-state index contributed by atoms with van der Waals surface area (Å²) in [7, 11) is 1.56. The normalized spacial score (nSPS) is 19.7. The van der Waals surface area contributed by atoms with Crippen molar-refractivity contribution in [3.8, 4) is 6.07 Å². The zero-order valence-electron chi connectivity index (χ0n) is 17.9. The average Bonchev–Trinajstić information content (AvgIpc) is 3.17. The number of alkyl halides is 3. The van der Waals surface area contributed by atoms with Crippen LogP contribution in [0.1, 0.15) is 24.5 Å². The number of methoxy groups -OCH3 is 1. The Bertz CT molecular complexity index is 989. The molecular formula is C23H24F3N3O2S. The van der Waals surface area contributed by atoms with Gasteiger partial charge in [-0.25, -0.2) is 0 Å².